The Hall–Kier alpha value is -0.360. The second-order valence-electron chi connectivity index (χ2n) is 4.18. The van der Waals surface area contributed by atoms with E-state index in [0.717, 1.165) is 25.1 Å². The Balaban J connectivity index is 0.00000144. The lowest BCUT2D eigenvalue weighted by molar-refractivity contribution is -0.133. The molecule has 0 bridgehead atoms. The molecular formula is C11H19Cl2N3OS. The molecule has 0 spiro atoms. The fraction of sp³-hybridized carbons (Fsp3) is 0.636. The van der Waals surface area contributed by atoms with Crippen molar-refractivity contribution in [1.82, 2.24) is 15.2 Å². The molecule has 1 atom stereocenters. The number of halogens is 2. The Bertz CT molecular complexity index is 342. The largest absolute Gasteiger partial charge is 0.338 e. The molecule has 1 aliphatic heterocycles. The average Bonchev–Trinajstić information content (AvgIpc) is 2.82. The van der Waals surface area contributed by atoms with Gasteiger partial charge in [-0.3, -0.25) is 4.79 Å². The number of aromatic nitrogens is 1. The zero-order valence-electron chi connectivity index (χ0n) is 10.3. The number of piperidine rings is 1. The van der Waals surface area contributed by atoms with Gasteiger partial charge in [0.15, 0.2) is 0 Å². The molecule has 0 saturated carbocycles. The van der Waals surface area contributed by atoms with Crippen molar-refractivity contribution in [2.75, 3.05) is 13.6 Å². The predicted molar refractivity (Wildman–Crippen MR) is 78.7 cm³/mol. The maximum absolute atomic E-state index is 12.1. The Kier molecular flexibility index (Phi) is 8.52. The molecule has 7 heteroatoms. The van der Waals surface area contributed by atoms with Gasteiger partial charge in [-0.1, -0.05) is 6.42 Å². The van der Waals surface area contributed by atoms with Gasteiger partial charge in [0.1, 0.15) is 0 Å². The number of amides is 1. The van der Waals surface area contributed by atoms with Crippen LogP contribution in [0, 0.1) is 0 Å². The molecule has 4 nitrogen and oxygen atoms in total. The van der Waals surface area contributed by atoms with E-state index >= 15 is 0 Å². The first-order chi connectivity index (χ1) is 7.77. The molecule has 2 rings (SSSR count). The fourth-order valence-electron chi connectivity index (χ4n) is 1.97. The minimum absolute atomic E-state index is 0. The number of rotatable bonds is 3. The van der Waals surface area contributed by atoms with Crippen LogP contribution in [-0.4, -0.2) is 35.4 Å². The van der Waals surface area contributed by atoms with Gasteiger partial charge >= 0.3 is 0 Å². The van der Waals surface area contributed by atoms with E-state index in [0.29, 0.717) is 6.54 Å². The van der Waals surface area contributed by atoms with Crippen LogP contribution in [0.15, 0.2) is 10.9 Å². The standard InChI is InChI=1S/C11H17N3OS.2ClH/c1-14(6-9-7-16-8-13-9)11(15)10-4-2-3-5-12-10;;/h7-8,10,12H,2-6H2,1H3;2*1H/t10-;;/m1../s1. The van der Waals surface area contributed by atoms with Crippen LogP contribution in [0.1, 0.15) is 25.0 Å². The molecule has 104 valence electrons. The highest BCUT2D eigenvalue weighted by atomic mass is 35.5. The third kappa shape index (κ3) is 4.72. The molecular weight excluding hydrogens is 293 g/mol. The number of hydrogen-bond donors (Lipinski definition) is 1. The van der Waals surface area contributed by atoms with Gasteiger partial charge in [0, 0.05) is 12.4 Å². The molecule has 18 heavy (non-hydrogen) atoms. The number of nitrogens with one attached hydrogen (secondary N) is 1. The Labute approximate surface area is 124 Å². The summed E-state index contributed by atoms with van der Waals surface area (Å²) in [5.74, 6) is 0.188. The maximum Gasteiger partial charge on any atom is 0.239 e. The van der Waals surface area contributed by atoms with Gasteiger partial charge in [0.05, 0.1) is 23.8 Å². The summed E-state index contributed by atoms with van der Waals surface area (Å²) in [5.41, 5.74) is 2.77. The maximum atomic E-state index is 12.1. The summed E-state index contributed by atoms with van der Waals surface area (Å²) in [7, 11) is 1.85. The summed E-state index contributed by atoms with van der Waals surface area (Å²) in [5, 5.41) is 5.25. The van der Waals surface area contributed by atoms with Crippen LogP contribution in [0.2, 0.25) is 0 Å². The highest BCUT2D eigenvalue weighted by Crippen LogP contribution is 2.11. The number of likely N-dealkylation sites (N-methyl/N-ethyl adjacent to an activating group) is 1. The van der Waals surface area contributed by atoms with Crippen LogP contribution in [0.4, 0.5) is 0 Å². The number of carbonyl (C=O) groups is 1. The Morgan fingerprint density at radius 2 is 2.33 bits per heavy atom. The molecule has 0 aromatic carbocycles. The van der Waals surface area contributed by atoms with Crippen molar-refractivity contribution >= 4 is 42.1 Å². The lowest BCUT2D eigenvalue weighted by Crippen LogP contribution is -2.47. The first-order valence-electron chi connectivity index (χ1n) is 5.63. The van der Waals surface area contributed by atoms with E-state index < -0.39 is 0 Å². The van der Waals surface area contributed by atoms with Crippen molar-refractivity contribution in [3.8, 4) is 0 Å². The Morgan fingerprint density at radius 1 is 1.56 bits per heavy atom. The van der Waals surface area contributed by atoms with Gasteiger partial charge in [0.2, 0.25) is 5.91 Å². The average molecular weight is 312 g/mol. The lowest BCUT2D eigenvalue weighted by Gasteiger charge is -2.27. The molecule has 0 radical (unpaired) electrons. The first-order valence-corrected chi connectivity index (χ1v) is 6.57. The van der Waals surface area contributed by atoms with Crippen LogP contribution in [0.3, 0.4) is 0 Å². The summed E-state index contributed by atoms with van der Waals surface area (Å²) >= 11 is 1.56. The molecule has 1 aromatic heterocycles. The lowest BCUT2D eigenvalue weighted by atomic mass is 10.0. The van der Waals surface area contributed by atoms with E-state index in [1.54, 1.807) is 21.7 Å². The summed E-state index contributed by atoms with van der Waals surface area (Å²) in [6.45, 7) is 1.57. The summed E-state index contributed by atoms with van der Waals surface area (Å²) < 4.78 is 0. The normalized spacial score (nSPS) is 18.4. The predicted octanol–water partition coefficient (Wildman–Crippen LogP) is 2.09. The van der Waals surface area contributed by atoms with Gasteiger partial charge in [-0.15, -0.1) is 36.2 Å². The van der Waals surface area contributed by atoms with Gasteiger partial charge in [-0.25, -0.2) is 4.98 Å². The first kappa shape index (κ1) is 17.6. The fourth-order valence-corrected chi connectivity index (χ4v) is 2.51. The molecule has 1 aromatic rings. The van der Waals surface area contributed by atoms with Crippen LogP contribution in [0.5, 0.6) is 0 Å². The second kappa shape index (κ2) is 8.69. The van der Waals surface area contributed by atoms with Gasteiger partial charge in [-0.05, 0) is 19.4 Å². The molecule has 1 saturated heterocycles. The molecule has 2 heterocycles. The summed E-state index contributed by atoms with van der Waals surface area (Å²) in [6, 6.07) is 0.0115. The molecule has 0 unspecified atom stereocenters. The van der Waals surface area contributed by atoms with Crippen molar-refractivity contribution in [3.63, 3.8) is 0 Å². The quantitative estimate of drug-likeness (QED) is 0.929. The number of carbonyl (C=O) groups excluding carboxylic acids is 1. The van der Waals surface area contributed by atoms with Crippen molar-refractivity contribution in [2.24, 2.45) is 0 Å². The van der Waals surface area contributed by atoms with E-state index in [4.69, 9.17) is 0 Å². The van der Waals surface area contributed by atoms with E-state index in [1.807, 2.05) is 12.4 Å². The van der Waals surface area contributed by atoms with E-state index in [2.05, 4.69) is 10.3 Å². The van der Waals surface area contributed by atoms with Crippen molar-refractivity contribution < 1.29 is 4.79 Å². The smallest absolute Gasteiger partial charge is 0.239 e. The molecule has 0 aliphatic carbocycles. The Morgan fingerprint density at radius 3 is 2.89 bits per heavy atom. The summed E-state index contributed by atoms with van der Waals surface area (Å²) in [6.07, 6.45) is 3.29. The minimum Gasteiger partial charge on any atom is -0.338 e. The van der Waals surface area contributed by atoms with Crippen molar-refractivity contribution in [2.45, 2.75) is 31.8 Å². The molecule has 1 N–H and O–H groups in total. The number of nitrogens with zero attached hydrogens (tertiary/aromatic N) is 2. The summed E-state index contributed by atoms with van der Waals surface area (Å²) in [4.78, 5) is 18.0. The van der Waals surface area contributed by atoms with E-state index in [1.165, 1.54) is 6.42 Å². The minimum atomic E-state index is 0. The second-order valence-corrected chi connectivity index (χ2v) is 4.90. The van der Waals surface area contributed by atoms with Crippen molar-refractivity contribution in [1.29, 1.82) is 0 Å². The van der Waals surface area contributed by atoms with Gasteiger partial charge in [-0.2, -0.15) is 0 Å². The molecule has 1 aliphatic rings. The van der Waals surface area contributed by atoms with Gasteiger partial charge < -0.3 is 10.2 Å². The SMILES string of the molecule is CN(Cc1cscn1)C(=O)[C@H]1CCCCN1.Cl.Cl. The van der Waals surface area contributed by atoms with E-state index in [9.17, 15) is 4.79 Å². The van der Waals surface area contributed by atoms with Crippen molar-refractivity contribution in [3.05, 3.63) is 16.6 Å². The zero-order chi connectivity index (χ0) is 11.4. The van der Waals surface area contributed by atoms with E-state index in [-0.39, 0.29) is 36.8 Å². The highest BCUT2D eigenvalue weighted by molar-refractivity contribution is 7.07. The topological polar surface area (TPSA) is 45.2 Å². The molecule has 1 fully saturated rings. The third-order valence-electron chi connectivity index (χ3n) is 2.87. The third-order valence-corrected chi connectivity index (χ3v) is 3.50. The van der Waals surface area contributed by atoms with Gasteiger partial charge in [0.25, 0.3) is 0 Å². The zero-order valence-corrected chi connectivity index (χ0v) is 12.7. The monoisotopic (exact) mass is 311 g/mol. The highest BCUT2D eigenvalue weighted by Gasteiger charge is 2.23. The van der Waals surface area contributed by atoms with Crippen LogP contribution in [0.25, 0.3) is 0 Å². The number of hydrogen-bond acceptors (Lipinski definition) is 4. The van der Waals surface area contributed by atoms with Crippen LogP contribution in [-0.2, 0) is 11.3 Å². The van der Waals surface area contributed by atoms with Crippen LogP contribution < -0.4 is 5.32 Å². The number of thiazole rings is 1. The molecule has 1 amide bonds. The van der Waals surface area contributed by atoms with Crippen LogP contribution >= 0.6 is 36.2 Å².